The first kappa shape index (κ1) is 13.7. The van der Waals surface area contributed by atoms with Crippen LogP contribution < -0.4 is 5.46 Å². The first-order valence-electron chi connectivity index (χ1n) is 6.23. The van der Waals surface area contributed by atoms with Crippen molar-refractivity contribution < 1.29 is 14.4 Å². The fourth-order valence-electron chi connectivity index (χ4n) is 1.93. The van der Waals surface area contributed by atoms with Gasteiger partial charge >= 0.3 is 7.12 Å². The van der Waals surface area contributed by atoms with Gasteiger partial charge in [0.2, 0.25) is 5.95 Å². The summed E-state index contributed by atoms with van der Waals surface area (Å²) in [5.41, 5.74) is 2.29. The Labute approximate surface area is 111 Å². The Morgan fingerprint density at radius 2 is 1.79 bits per heavy atom. The molecule has 0 saturated carbocycles. The van der Waals surface area contributed by atoms with Crippen LogP contribution in [0.5, 0.6) is 0 Å². The van der Waals surface area contributed by atoms with Crippen molar-refractivity contribution >= 4 is 12.6 Å². The van der Waals surface area contributed by atoms with E-state index in [4.69, 9.17) is 10.0 Å². The molecule has 0 unspecified atom stereocenters. The highest BCUT2D eigenvalue weighted by atomic mass is 19.1. The van der Waals surface area contributed by atoms with E-state index in [0.29, 0.717) is 5.69 Å². The third-order valence-corrected chi connectivity index (χ3v) is 2.94. The number of hydrogen-bond acceptors (Lipinski definition) is 3. The lowest BCUT2D eigenvalue weighted by Gasteiger charge is -2.06. The summed E-state index contributed by atoms with van der Waals surface area (Å²) in [6, 6.07) is 10.7. The Morgan fingerprint density at radius 3 is 2.32 bits per heavy atom. The van der Waals surface area contributed by atoms with Gasteiger partial charge < -0.3 is 10.0 Å². The van der Waals surface area contributed by atoms with Crippen molar-refractivity contribution in [1.29, 1.82) is 0 Å². The van der Waals surface area contributed by atoms with Gasteiger partial charge in [-0.3, -0.25) is 0 Å². The molecule has 5 heteroatoms. The van der Waals surface area contributed by atoms with E-state index in [1.54, 1.807) is 6.07 Å². The normalized spacial score (nSPS) is 10.5. The molecule has 0 bridgehead atoms. The van der Waals surface area contributed by atoms with Crippen LogP contribution in [0, 0.1) is 5.95 Å². The minimum absolute atomic E-state index is 0.216. The fraction of sp³-hybridized carbons (Fsp3) is 0.214. The average molecular weight is 259 g/mol. The molecule has 3 nitrogen and oxygen atoms in total. The zero-order chi connectivity index (χ0) is 13.8. The summed E-state index contributed by atoms with van der Waals surface area (Å²) in [6.07, 6.45) is 2.09. The highest BCUT2D eigenvalue weighted by Gasteiger charge is 2.17. The first-order chi connectivity index (χ1) is 9.11. The molecule has 98 valence electrons. The summed E-state index contributed by atoms with van der Waals surface area (Å²) >= 11 is 0. The number of aryl methyl sites for hydroxylation is 1. The van der Waals surface area contributed by atoms with Gasteiger partial charge in [0.1, 0.15) is 0 Å². The van der Waals surface area contributed by atoms with Crippen molar-refractivity contribution in [1.82, 2.24) is 4.98 Å². The molecule has 0 amide bonds. The molecule has 0 radical (unpaired) electrons. The maximum Gasteiger partial charge on any atom is 0.493 e. The van der Waals surface area contributed by atoms with E-state index in [2.05, 4.69) is 11.9 Å². The highest BCUT2D eigenvalue weighted by molar-refractivity contribution is 6.58. The zero-order valence-electron chi connectivity index (χ0n) is 10.7. The second-order valence-corrected chi connectivity index (χ2v) is 4.40. The van der Waals surface area contributed by atoms with Gasteiger partial charge in [-0.1, -0.05) is 43.7 Å². The highest BCUT2D eigenvalue weighted by Crippen LogP contribution is 2.18. The average Bonchev–Trinajstić information content (AvgIpc) is 2.39. The van der Waals surface area contributed by atoms with E-state index in [0.717, 1.165) is 18.4 Å². The van der Waals surface area contributed by atoms with Crippen LogP contribution in [0.1, 0.15) is 18.9 Å². The van der Waals surface area contributed by atoms with Crippen molar-refractivity contribution in [2.45, 2.75) is 19.8 Å². The van der Waals surface area contributed by atoms with Crippen molar-refractivity contribution in [2.24, 2.45) is 0 Å². The lowest BCUT2D eigenvalue weighted by atomic mass is 9.81. The van der Waals surface area contributed by atoms with Crippen LogP contribution in [0.15, 0.2) is 36.4 Å². The predicted octanol–water partition coefficient (Wildman–Crippen LogP) is 1.52. The Morgan fingerprint density at radius 1 is 1.11 bits per heavy atom. The Hall–Kier alpha value is -1.72. The molecular weight excluding hydrogens is 244 g/mol. The number of hydrogen-bond donors (Lipinski definition) is 2. The lowest BCUT2D eigenvalue weighted by molar-refractivity contribution is 0.422. The predicted molar refractivity (Wildman–Crippen MR) is 73.5 cm³/mol. The third-order valence-electron chi connectivity index (χ3n) is 2.94. The van der Waals surface area contributed by atoms with Gasteiger partial charge in [-0.25, -0.2) is 4.98 Å². The van der Waals surface area contributed by atoms with Crippen LogP contribution in [0.3, 0.4) is 0 Å². The molecule has 2 rings (SSSR count). The van der Waals surface area contributed by atoms with Gasteiger partial charge in [0.05, 0.1) is 5.69 Å². The van der Waals surface area contributed by atoms with Gasteiger partial charge in [0.25, 0.3) is 0 Å². The molecule has 0 atom stereocenters. The fourth-order valence-corrected chi connectivity index (χ4v) is 1.93. The topological polar surface area (TPSA) is 53.4 Å². The lowest BCUT2D eigenvalue weighted by Crippen LogP contribution is -2.33. The molecule has 0 aliphatic rings. The minimum atomic E-state index is -1.84. The zero-order valence-corrected chi connectivity index (χ0v) is 10.7. The molecule has 1 heterocycles. The van der Waals surface area contributed by atoms with Crippen LogP contribution in [0.2, 0.25) is 0 Å². The minimum Gasteiger partial charge on any atom is -0.423 e. The summed E-state index contributed by atoms with van der Waals surface area (Å²) in [5, 5.41) is 17.9. The van der Waals surface area contributed by atoms with Gasteiger partial charge in [0.15, 0.2) is 0 Å². The maximum atomic E-state index is 13.6. The maximum absolute atomic E-state index is 13.6. The largest absolute Gasteiger partial charge is 0.493 e. The Kier molecular flexibility index (Phi) is 4.29. The van der Waals surface area contributed by atoms with E-state index < -0.39 is 13.1 Å². The van der Waals surface area contributed by atoms with Crippen LogP contribution >= 0.6 is 0 Å². The molecule has 2 N–H and O–H groups in total. The van der Waals surface area contributed by atoms with Crippen LogP contribution in [-0.2, 0) is 6.42 Å². The monoisotopic (exact) mass is 259 g/mol. The molecule has 0 saturated heterocycles. The Bertz CT molecular complexity index is 558. The van der Waals surface area contributed by atoms with E-state index in [-0.39, 0.29) is 5.46 Å². The molecule has 2 aromatic rings. The van der Waals surface area contributed by atoms with Crippen molar-refractivity contribution in [3.05, 3.63) is 47.9 Å². The SMILES string of the molecule is CCCc1ccc(-c2ccc(B(O)O)c(F)n2)cc1. The number of nitrogens with zero attached hydrogens (tertiary/aromatic N) is 1. The smallest absolute Gasteiger partial charge is 0.423 e. The molecule has 0 fully saturated rings. The van der Waals surface area contributed by atoms with Crippen molar-refractivity contribution in [3.63, 3.8) is 0 Å². The van der Waals surface area contributed by atoms with Gasteiger partial charge in [-0.2, -0.15) is 4.39 Å². The van der Waals surface area contributed by atoms with E-state index in [9.17, 15) is 4.39 Å². The first-order valence-corrected chi connectivity index (χ1v) is 6.23. The number of benzene rings is 1. The molecule has 19 heavy (non-hydrogen) atoms. The van der Waals surface area contributed by atoms with E-state index in [1.807, 2.05) is 24.3 Å². The summed E-state index contributed by atoms with van der Waals surface area (Å²) in [4.78, 5) is 3.75. The number of aromatic nitrogens is 1. The molecule has 0 spiro atoms. The molecule has 1 aromatic heterocycles. The second-order valence-electron chi connectivity index (χ2n) is 4.40. The Balaban J connectivity index is 2.29. The summed E-state index contributed by atoms with van der Waals surface area (Å²) in [5.74, 6) is -0.856. The second kappa shape index (κ2) is 5.95. The molecule has 0 aliphatic heterocycles. The number of pyridine rings is 1. The summed E-state index contributed by atoms with van der Waals surface area (Å²) in [7, 11) is -1.84. The van der Waals surface area contributed by atoms with Crippen molar-refractivity contribution in [3.8, 4) is 11.3 Å². The molecule has 0 aliphatic carbocycles. The van der Waals surface area contributed by atoms with Gasteiger partial charge in [-0.05, 0) is 18.1 Å². The van der Waals surface area contributed by atoms with Crippen LogP contribution in [-0.4, -0.2) is 22.2 Å². The number of rotatable bonds is 4. The van der Waals surface area contributed by atoms with E-state index in [1.165, 1.54) is 11.6 Å². The third kappa shape index (κ3) is 3.19. The van der Waals surface area contributed by atoms with Gasteiger partial charge in [-0.15, -0.1) is 0 Å². The van der Waals surface area contributed by atoms with Gasteiger partial charge in [0, 0.05) is 11.0 Å². The van der Waals surface area contributed by atoms with Crippen LogP contribution in [0.4, 0.5) is 4.39 Å². The van der Waals surface area contributed by atoms with Crippen molar-refractivity contribution in [2.75, 3.05) is 0 Å². The van der Waals surface area contributed by atoms with E-state index >= 15 is 0 Å². The summed E-state index contributed by atoms with van der Waals surface area (Å²) in [6.45, 7) is 2.11. The molecular formula is C14H15BFNO2. The van der Waals surface area contributed by atoms with Crippen LogP contribution in [0.25, 0.3) is 11.3 Å². The summed E-state index contributed by atoms with van der Waals surface area (Å²) < 4.78 is 13.6. The number of halogens is 1. The molecule has 1 aromatic carbocycles. The standard InChI is InChI=1S/C14H15BFNO2/c1-2-3-10-4-6-11(7-5-10)13-9-8-12(15(18)19)14(16)17-13/h4-9,18-19H,2-3H2,1H3. The quantitative estimate of drug-likeness (QED) is 0.646.